The molecule has 0 aliphatic rings. The molecule has 0 saturated carbocycles. The number of hydrogen-bond acceptors (Lipinski definition) is 8. The van der Waals surface area contributed by atoms with Crippen LogP contribution in [-0.2, 0) is 9.59 Å². The predicted octanol–water partition coefficient (Wildman–Crippen LogP) is 4.31. The van der Waals surface area contributed by atoms with Crippen molar-refractivity contribution in [3.63, 3.8) is 0 Å². The van der Waals surface area contributed by atoms with Gasteiger partial charge in [0, 0.05) is 11.6 Å². The summed E-state index contributed by atoms with van der Waals surface area (Å²) in [5, 5.41) is 12.7. The number of aromatic hydroxyl groups is 1. The summed E-state index contributed by atoms with van der Waals surface area (Å²) in [5.41, 5.74) is 2.82. The SMILES string of the molecule is COc1ccc(/C(=C\C(=O)NC=O)c2c(/C=C/c3cc(OC)c(OC)c(OC)c3)ccc(O)c2OC)cc1. The minimum absolute atomic E-state index is 0.123. The first-order valence-electron chi connectivity index (χ1n) is 11.4. The normalized spacial score (nSPS) is 11.1. The number of hydrogen-bond donors (Lipinski definition) is 2. The predicted molar refractivity (Wildman–Crippen MR) is 144 cm³/mol. The minimum Gasteiger partial charge on any atom is -0.504 e. The Labute approximate surface area is 220 Å². The average Bonchev–Trinajstić information content (AvgIpc) is 2.94. The van der Waals surface area contributed by atoms with E-state index in [0.717, 1.165) is 5.56 Å². The number of ether oxygens (including phenoxy) is 5. The lowest BCUT2D eigenvalue weighted by atomic mass is 9.91. The molecule has 198 valence electrons. The average molecular weight is 520 g/mol. The molecule has 0 heterocycles. The van der Waals surface area contributed by atoms with E-state index in [0.29, 0.717) is 51.7 Å². The van der Waals surface area contributed by atoms with Crippen molar-refractivity contribution in [3.05, 3.63) is 76.9 Å². The van der Waals surface area contributed by atoms with Gasteiger partial charge in [0.05, 0.1) is 35.5 Å². The van der Waals surface area contributed by atoms with E-state index in [1.807, 2.05) is 6.08 Å². The molecule has 9 heteroatoms. The molecule has 3 aromatic rings. The molecule has 3 rings (SSSR count). The van der Waals surface area contributed by atoms with Crippen molar-refractivity contribution in [1.29, 1.82) is 0 Å². The van der Waals surface area contributed by atoms with E-state index in [1.165, 1.54) is 40.6 Å². The zero-order valence-electron chi connectivity index (χ0n) is 21.7. The molecule has 0 saturated heterocycles. The Morgan fingerprint density at radius 1 is 0.789 bits per heavy atom. The Morgan fingerprint density at radius 3 is 1.95 bits per heavy atom. The first-order chi connectivity index (χ1) is 18.4. The second-order valence-electron chi connectivity index (χ2n) is 7.79. The second-order valence-corrected chi connectivity index (χ2v) is 7.79. The Bertz CT molecular complexity index is 1330. The van der Waals surface area contributed by atoms with Crippen molar-refractivity contribution in [2.24, 2.45) is 0 Å². The fraction of sp³-hybridized carbons (Fsp3) is 0.172. The van der Waals surface area contributed by atoms with Crippen LogP contribution in [0.5, 0.6) is 34.5 Å². The molecule has 0 radical (unpaired) electrons. The number of imide groups is 1. The molecule has 2 N–H and O–H groups in total. The zero-order chi connectivity index (χ0) is 27.7. The molecule has 0 unspecified atom stereocenters. The molecule has 0 aromatic heterocycles. The number of rotatable bonds is 11. The lowest BCUT2D eigenvalue weighted by molar-refractivity contribution is -0.121. The van der Waals surface area contributed by atoms with E-state index in [9.17, 15) is 14.7 Å². The maximum atomic E-state index is 12.5. The summed E-state index contributed by atoms with van der Waals surface area (Å²) >= 11 is 0. The summed E-state index contributed by atoms with van der Waals surface area (Å²) in [6.45, 7) is 0. The van der Waals surface area contributed by atoms with Gasteiger partial charge in [0.15, 0.2) is 23.0 Å². The summed E-state index contributed by atoms with van der Waals surface area (Å²) in [4.78, 5) is 23.4. The van der Waals surface area contributed by atoms with Crippen LogP contribution in [0.4, 0.5) is 0 Å². The van der Waals surface area contributed by atoms with Crippen LogP contribution in [-0.4, -0.2) is 53.0 Å². The van der Waals surface area contributed by atoms with E-state index in [1.54, 1.807) is 55.7 Å². The second kappa shape index (κ2) is 12.9. The van der Waals surface area contributed by atoms with Gasteiger partial charge < -0.3 is 28.8 Å². The topological polar surface area (TPSA) is 113 Å². The van der Waals surface area contributed by atoms with Gasteiger partial charge in [-0.15, -0.1) is 0 Å². The van der Waals surface area contributed by atoms with Crippen LogP contribution in [0.2, 0.25) is 0 Å². The molecule has 0 fully saturated rings. The van der Waals surface area contributed by atoms with Crippen molar-refractivity contribution >= 4 is 30.0 Å². The van der Waals surface area contributed by atoms with Crippen molar-refractivity contribution in [2.45, 2.75) is 0 Å². The molecule has 3 aromatic carbocycles. The molecule has 0 aliphatic heterocycles. The number of phenols is 1. The lowest BCUT2D eigenvalue weighted by Crippen LogP contribution is -2.19. The van der Waals surface area contributed by atoms with Crippen LogP contribution in [0.3, 0.4) is 0 Å². The molecule has 2 amide bonds. The van der Waals surface area contributed by atoms with E-state index in [2.05, 4.69) is 5.32 Å². The Balaban J connectivity index is 2.24. The maximum Gasteiger partial charge on any atom is 0.250 e. The Hall–Kier alpha value is -4.92. The zero-order valence-corrected chi connectivity index (χ0v) is 21.7. The number of methoxy groups -OCH3 is 5. The number of phenolic OH excluding ortho intramolecular Hbond substituents is 1. The van der Waals surface area contributed by atoms with Crippen LogP contribution < -0.4 is 29.0 Å². The fourth-order valence-corrected chi connectivity index (χ4v) is 3.90. The number of carbonyl (C=O) groups is 2. The third-order valence-corrected chi connectivity index (χ3v) is 5.66. The third-order valence-electron chi connectivity index (χ3n) is 5.66. The van der Waals surface area contributed by atoms with E-state index in [-0.39, 0.29) is 11.5 Å². The first kappa shape index (κ1) is 27.7. The van der Waals surface area contributed by atoms with Crippen molar-refractivity contribution < 1.29 is 38.4 Å². The van der Waals surface area contributed by atoms with Crippen LogP contribution in [0.25, 0.3) is 17.7 Å². The third kappa shape index (κ3) is 6.07. The summed E-state index contributed by atoms with van der Waals surface area (Å²) in [6, 6.07) is 13.7. The minimum atomic E-state index is -0.643. The highest BCUT2D eigenvalue weighted by Gasteiger charge is 2.20. The Morgan fingerprint density at radius 2 is 1.42 bits per heavy atom. The molecular formula is C29H29NO8. The largest absolute Gasteiger partial charge is 0.504 e. The van der Waals surface area contributed by atoms with Gasteiger partial charge in [-0.25, -0.2) is 0 Å². The van der Waals surface area contributed by atoms with Gasteiger partial charge in [-0.1, -0.05) is 30.4 Å². The van der Waals surface area contributed by atoms with Crippen LogP contribution in [0.15, 0.2) is 54.6 Å². The van der Waals surface area contributed by atoms with Crippen molar-refractivity contribution in [2.75, 3.05) is 35.5 Å². The summed E-state index contributed by atoms with van der Waals surface area (Å²) < 4.78 is 27.1. The summed E-state index contributed by atoms with van der Waals surface area (Å²) in [7, 11) is 7.56. The van der Waals surface area contributed by atoms with Gasteiger partial charge in [0.25, 0.3) is 5.91 Å². The fourth-order valence-electron chi connectivity index (χ4n) is 3.90. The summed E-state index contributed by atoms with van der Waals surface area (Å²) in [6.07, 6.45) is 5.18. The van der Waals surface area contributed by atoms with E-state index in [4.69, 9.17) is 23.7 Å². The van der Waals surface area contributed by atoms with Gasteiger partial charge in [0.1, 0.15) is 5.75 Å². The molecule has 0 atom stereocenters. The molecule has 38 heavy (non-hydrogen) atoms. The maximum absolute atomic E-state index is 12.5. The van der Waals surface area contributed by atoms with E-state index >= 15 is 0 Å². The van der Waals surface area contributed by atoms with Gasteiger partial charge in [-0.3, -0.25) is 14.9 Å². The molecular weight excluding hydrogens is 490 g/mol. The number of carbonyl (C=O) groups excluding carboxylic acids is 2. The number of amides is 2. The molecule has 9 nitrogen and oxygen atoms in total. The molecule has 0 aliphatic carbocycles. The van der Waals surface area contributed by atoms with Crippen LogP contribution in [0, 0.1) is 0 Å². The van der Waals surface area contributed by atoms with Crippen molar-refractivity contribution in [3.8, 4) is 34.5 Å². The Kier molecular flexibility index (Phi) is 9.37. The van der Waals surface area contributed by atoms with Gasteiger partial charge >= 0.3 is 0 Å². The summed E-state index contributed by atoms with van der Waals surface area (Å²) in [5.74, 6) is 1.44. The van der Waals surface area contributed by atoms with Crippen molar-refractivity contribution in [1.82, 2.24) is 5.32 Å². The highest BCUT2D eigenvalue weighted by molar-refractivity contribution is 6.04. The standard InChI is InChI=1S/C29H29NO8/c1-34-21-11-8-19(9-12-21)22(16-26(33)30-17-31)27-20(10-13-23(32)28(27)37-4)7-6-18-14-24(35-2)29(38-5)25(15-18)36-3/h6-17,32H,1-5H3,(H,30,31,33)/b7-6+,22-16+. The smallest absolute Gasteiger partial charge is 0.250 e. The molecule has 0 spiro atoms. The lowest BCUT2D eigenvalue weighted by Gasteiger charge is -2.17. The quantitative estimate of drug-likeness (QED) is 0.219. The first-order valence-corrected chi connectivity index (χ1v) is 11.4. The highest BCUT2D eigenvalue weighted by Crippen LogP contribution is 2.42. The van der Waals surface area contributed by atoms with Gasteiger partial charge in [-0.2, -0.15) is 0 Å². The molecule has 0 bridgehead atoms. The highest BCUT2D eigenvalue weighted by atomic mass is 16.5. The van der Waals surface area contributed by atoms with Gasteiger partial charge in [-0.05, 0) is 52.6 Å². The van der Waals surface area contributed by atoms with E-state index < -0.39 is 5.91 Å². The van der Waals surface area contributed by atoms with Gasteiger partial charge in [0.2, 0.25) is 12.2 Å². The van der Waals surface area contributed by atoms with Crippen LogP contribution >= 0.6 is 0 Å². The number of nitrogens with one attached hydrogen (secondary N) is 1. The van der Waals surface area contributed by atoms with Crippen LogP contribution in [0.1, 0.15) is 22.3 Å². The number of benzene rings is 3. The monoisotopic (exact) mass is 519 g/mol.